The fourth-order valence-electron chi connectivity index (χ4n) is 2.45. The van der Waals surface area contributed by atoms with Gasteiger partial charge in [0, 0.05) is 4.88 Å². The van der Waals surface area contributed by atoms with E-state index in [0.717, 1.165) is 10.4 Å². The van der Waals surface area contributed by atoms with Gasteiger partial charge >= 0.3 is 11.8 Å². The van der Waals surface area contributed by atoms with Crippen molar-refractivity contribution in [3.05, 3.63) is 44.4 Å². The highest BCUT2D eigenvalue weighted by Gasteiger charge is 2.24. The maximum absolute atomic E-state index is 12.3. The SMILES string of the molecule is CCOC(=O)c1c(NC(=O)COc2cccnc2[N+](=O)[O-])sc(C)c1CC. The summed E-state index contributed by atoms with van der Waals surface area (Å²) in [5, 5.41) is 13.9. The Balaban J connectivity index is 2.15. The van der Waals surface area contributed by atoms with Gasteiger partial charge in [-0.1, -0.05) is 6.92 Å². The number of ether oxygens (including phenoxy) is 2. The molecule has 1 N–H and O–H groups in total. The summed E-state index contributed by atoms with van der Waals surface area (Å²) in [6.07, 6.45) is 1.88. The monoisotopic (exact) mass is 393 g/mol. The molecule has 144 valence electrons. The molecule has 0 radical (unpaired) electrons. The Bertz CT molecular complexity index is 864. The number of pyridine rings is 1. The number of esters is 1. The molecule has 0 saturated heterocycles. The number of amides is 1. The van der Waals surface area contributed by atoms with Crippen molar-refractivity contribution in [2.75, 3.05) is 18.5 Å². The minimum atomic E-state index is -0.692. The van der Waals surface area contributed by atoms with Gasteiger partial charge in [-0.2, -0.15) is 0 Å². The van der Waals surface area contributed by atoms with E-state index < -0.39 is 29.2 Å². The van der Waals surface area contributed by atoms with Crippen LogP contribution < -0.4 is 10.1 Å². The van der Waals surface area contributed by atoms with Gasteiger partial charge < -0.3 is 24.9 Å². The predicted octanol–water partition coefficient (Wildman–Crippen LogP) is 3.12. The van der Waals surface area contributed by atoms with Gasteiger partial charge in [0.15, 0.2) is 6.61 Å². The standard InChI is InChI=1S/C17H19N3O6S/c1-4-11-10(3)27-16(14(11)17(22)25-5-2)19-13(21)9-26-12-7-6-8-18-15(12)20(23)24/h6-8H,4-5,9H2,1-3H3,(H,19,21). The normalized spacial score (nSPS) is 10.3. The van der Waals surface area contributed by atoms with E-state index >= 15 is 0 Å². The molecule has 0 aliphatic rings. The van der Waals surface area contributed by atoms with E-state index in [1.807, 2.05) is 13.8 Å². The van der Waals surface area contributed by atoms with Gasteiger partial charge in [-0.05, 0) is 47.9 Å². The van der Waals surface area contributed by atoms with Gasteiger partial charge in [-0.15, -0.1) is 11.3 Å². The van der Waals surface area contributed by atoms with Crippen molar-refractivity contribution in [1.82, 2.24) is 4.98 Å². The zero-order chi connectivity index (χ0) is 20.0. The number of carbonyl (C=O) groups is 2. The van der Waals surface area contributed by atoms with Crippen LogP contribution in [0.15, 0.2) is 18.3 Å². The van der Waals surface area contributed by atoms with Crippen LogP contribution in [0.3, 0.4) is 0 Å². The third-order valence-corrected chi connectivity index (χ3v) is 4.64. The average Bonchev–Trinajstić information content (AvgIpc) is 2.95. The Morgan fingerprint density at radius 2 is 2.11 bits per heavy atom. The highest BCUT2D eigenvalue weighted by atomic mass is 32.1. The predicted molar refractivity (Wildman–Crippen MR) is 99.4 cm³/mol. The van der Waals surface area contributed by atoms with Crippen molar-refractivity contribution < 1.29 is 24.0 Å². The first-order valence-corrected chi connectivity index (χ1v) is 9.02. The Labute approximate surface area is 159 Å². The third kappa shape index (κ3) is 4.79. The van der Waals surface area contributed by atoms with E-state index in [9.17, 15) is 19.7 Å². The molecule has 0 fully saturated rings. The van der Waals surface area contributed by atoms with Crippen molar-refractivity contribution in [1.29, 1.82) is 0 Å². The summed E-state index contributed by atoms with van der Waals surface area (Å²) in [6, 6.07) is 2.82. The molecule has 0 unspecified atom stereocenters. The molecule has 27 heavy (non-hydrogen) atoms. The number of nitrogens with zero attached hydrogens (tertiary/aromatic N) is 2. The number of hydrogen-bond donors (Lipinski definition) is 1. The summed E-state index contributed by atoms with van der Waals surface area (Å²) in [7, 11) is 0. The zero-order valence-electron chi connectivity index (χ0n) is 15.1. The zero-order valence-corrected chi connectivity index (χ0v) is 15.9. The lowest BCUT2D eigenvalue weighted by Crippen LogP contribution is -2.21. The lowest BCUT2D eigenvalue weighted by molar-refractivity contribution is -0.390. The second-order valence-electron chi connectivity index (χ2n) is 5.33. The van der Waals surface area contributed by atoms with E-state index in [1.54, 1.807) is 6.92 Å². The number of nitro groups is 1. The molecule has 9 nitrogen and oxygen atoms in total. The maximum atomic E-state index is 12.3. The van der Waals surface area contributed by atoms with Gasteiger partial charge in [0.05, 0.1) is 12.2 Å². The average molecular weight is 393 g/mol. The van der Waals surface area contributed by atoms with Crippen molar-refractivity contribution in [3.8, 4) is 5.75 Å². The summed E-state index contributed by atoms with van der Waals surface area (Å²) in [6.45, 7) is 5.23. The topological polar surface area (TPSA) is 121 Å². The number of aromatic nitrogens is 1. The van der Waals surface area contributed by atoms with E-state index in [4.69, 9.17) is 9.47 Å². The number of anilines is 1. The molecule has 2 heterocycles. The van der Waals surface area contributed by atoms with Crippen LogP contribution in [-0.4, -0.2) is 35.0 Å². The smallest absolute Gasteiger partial charge is 0.406 e. The van der Waals surface area contributed by atoms with Gasteiger partial charge in [-0.25, -0.2) is 4.79 Å². The molecule has 2 rings (SSSR count). The van der Waals surface area contributed by atoms with Crippen LogP contribution in [0.25, 0.3) is 0 Å². The Morgan fingerprint density at radius 3 is 2.74 bits per heavy atom. The van der Waals surface area contributed by atoms with Crippen molar-refractivity contribution >= 4 is 34.0 Å². The number of nitrogens with one attached hydrogen (secondary N) is 1. The molecular formula is C17H19N3O6S. The fraction of sp³-hybridized carbons (Fsp3) is 0.353. The quantitative estimate of drug-likeness (QED) is 0.415. The summed E-state index contributed by atoms with van der Waals surface area (Å²) in [5.41, 5.74) is 1.15. The number of thiophene rings is 1. The summed E-state index contributed by atoms with van der Waals surface area (Å²) >= 11 is 1.27. The molecule has 0 saturated carbocycles. The molecule has 0 aliphatic carbocycles. The second kappa shape index (κ2) is 9.08. The molecule has 0 spiro atoms. The van der Waals surface area contributed by atoms with Crippen LogP contribution in [-0.2, 0) is 16.0 Å². The highest BCUT2D eigenvalue weighted by molar-refractivity contribution is 7.16. The maximum Gasteiger partial charge on any atom is 0.406 e. The molecule has 0 atom stereocenters. The minimum Gasteiger partial charge on any atom is -0.476 e. The molecule has 0 aromatic carbocycles. The Kier molecular flexibility index (Phi) is 6.83. The van der Waals surface area contributed by atoms with Crippen LogP contribution in [0, 0.1) is 17.0 Å². The van der Waals surface area contributed by atoms with Gasteiger partial charge in [0.1, 0.15) is 11.2 Å². The molecule has 10 heteroatoms. The van der Waals surface area contributed by atoms with Crippen LogP contribution in [0.2, 0.25) is 0 Å². The molecule has 2 aromatic rings. The third-order valence-electron chi connectivity index (χ3n) is 3.58. The number of carbonyl (C=O) groups excluding carboxylic acids is 2. The lowest BCUT2D eigenvalue weighted by atomic mass is 10.1. The minimum absolute atomic E-state index is 0.111. The van der Waals surface area contributed by atoms with Crippen LogP contribution in [0.4, 0.5) is 10.8 Å². The van der Waals surface area contributed by atoms with Gasteiger partial charge in [0.25, 0.3) is 5.91 Å². The van der Waals surface area contributed by atoms with Gasteiger partial charge in [0.2, 0.25) is 5.75 Å². The molecule has 0 aliphatic heterocycles. The van der Waals surface area contributed by atoms with Gasteiger partial charge in [-0.3, -0.25) is 4.79 Å². The largest absolute Gasteiger partial charge is 0.476 e. The molecule has 1 amide bonds. The first-order valence-electron chi connectivity index (χ1n) is 8.20. The van der Waals surface area contributed by atoms with Crippen LogP contribution >= 0.6 is 11.3 Å². The second-order valence-corrected chi connectivity index (χ2v) is 6.56. The first kappa shape index (κ1) is 20.3. The van der Waals surface area contributed by atoms with Crippen molar-refractivity contribution in [3.63, 3.8) is 0 Å². The Hall–Kier alpha value is -3.01. The number of hydrogen-bond acceptors (Lipinski definition) is 8. The summed E-state index contributed by atoms with van der Waals surface area (Å²) in [4.78, 5) is 39.2. The lowest BCUT2D eigenvalue weighted by Gasteiger charge is -2.09. The summed E-state index contributed by atoms with van der Waals surface area (Å²) < 4.78 is 10.3. The fourth-order valence-corrected chi connectivity index (χ4v) is 3.60. The number of rotatable bonds is 8. The van der Waals surface area contributed by atoms with E-state index in [-0.39, 0.29) is 12.4 Å². The van der Waals surface area contributed by atoms with Crippen molar-refractivity contribution in [2.45, 2.75) is 27.2 Å². The van der Waals surface area contributed by atoms with E-state index in [1.165, 1.54) is 29.7 Å². The van der Waals surface area contributed by atoms with E-state index in [2.05, 4.69) is 10.3 Å². The molecule has 2 aromatic heterocycles. The van der Waals surface area contributed by atoms with E-state index in [0.29, 0.717) is 17.0 Å². The molecule has 0 bridgehead atoms. The van der Waals surface area contributed by atoms with Crippen LogP contribution in [0.1, 0.15) is 34.6 Å². The van der Waals surface area contributed by atoms with Crippen LogP contribution in [0.5, 0.6) is 5.75 Å². The number of aryl methyl sites for hydroxylation is 1. The summed E-state index contributed by atoms with van der Waals surface area (Å²) in [5.74, 6) is -1.64. The molecular weight excluding hydrogens is 374 g/mol. The first-order chi connectivity index (χ1) is 12.9. The Morgan fingerprint density at radius 1 is 1.37 bits per heavy atom. The highest BCUT2D eigenvalue weighted by Crippen LogP contribution is 2.34. The van der Waals surface area contributed by atoms with Crippen molar-refractivity contribution in [2.24, 2.45) is 0 Å².